The van der Waals surface area contributed by atoms with Crippen molar-refractivity contribution in [2.45, 2.75) is 13.2 Å². The molecular formula is C15H16FNO. The molecule has 0 saturated carbocycles. The van der Waals surface area contributed by atoms with Gasteiger partial charge in [-0.05, 0) is 11.6 Å². The zero-order valence-corrected chi connectivity index (χ0v) is 10.3. The van der Waals surface area contributed by atoms with E-state index in [-0.39, 0.29) is 12.4 Å². The van der Waals surface area contributed by atoms with Crippen molar-refractivity contribution in [2.75, 3.05) is 11.9 Å². The first kappa shape index (κ1) is 12.6. The van der Waals surface area contributed by atoms with Crippen LogP contribution in [0.5, 0.6) is 0 Å². The fraction of sp³-hybridized carbons (Fsp3) is 0.200. The lowest BCUT2D eigenvalue weighted by atomic mass is 10.1. The van der Waals surface area contributed by atoms with Crippen LogP contribution in [0.15, 0.2) is 48.5 Å². The van der Waals surface area contributed by atoms with Crippen LogP contribution < -0.4 is 4.90 Å². The summed E-state index contributed by atoms with van der Waals surface area (Å²) in [5.41, 5.74) is 2.17. The van der Waals surface area contributed by atoms with E-state index < -0.39 is 0 Å². The second-order valence-electron chi connectivity index (χ2n) is 4.25. The number of para-hydroxylation sites is 1. The third kappa shape index (κ3) is 2.68. The summed E-state index contributed by atoms with van der Waals surface area (Å²) in [7, 11) is 1.82. The monoisotopic (exact) mass is 245 g/mol. The molecule has 0 aliphatic carbocycles. The van der Waals surface area contributed by atoms with Gasteiger partial charge >= 0.3 is 0 Å². The maximum Gasteiger partial charge on any atom is 0.146 e. The molecule has 18 heavy (non-hydrogen) atoms. The van der Waals surface area contributed by atoms with Gasteiger partial charge in [0.15, 0.2) is 0 Å². The summed E-state index contributed by atoms with van der Waals surface area (Å²) in [5.74, 6) is -0.306. The van der Waals surface area contributed by atoms with Gasteiger partial charge in [-0.3, -0.25) is 0 Å². The molecule has 94 valence electrons. The average Bonchev–Trinajstić information content (AvgIpc) is 2.39. The summed E-state index contributed by atoms with van der Waals surface area (Å²) in [4.78, 5) is 1.82. The van der Waals surface area contributed by atoms with Crippen molar-refractivity contribution in [1.82, 2.24) is 0 Å². The Hall–Kier alpha value is -1.87. The number of aliphatic hydroxyl groups excluding tert-OH is 1. The first-order chi connectivity index (χ1) is 8.72. The van der Waals surface area contributed by atoms with E-state index in [0.717, 1.165) is 5.56 Å². The van der Waals surface area contributed by atoms with Gasteiger partial charge in [0.2, 0.25) is 0 Å². The predicted molar refractivity (Wildman–Crippen MR) is 70.9 cm³/mol. The third-order valence-corrected chi connectivity index (χ3v) is 2.88. The maximum atomic E-state index is 13.8. The number of hydrogen-bond acceptors (Lipinski definition) is 2. The SMILES string of the molecule is CN(Cc1ccccc1)c1c(F)cccc1CO. The molecule has 0 spiro atoms. The Labute approximate surface area is 106 Å². The minimum Gasteiger partial charge on any atom is -0.392 e. The molecule has 2 aromatic rings. The highest BCUT2D eigenvalue weighted by atomic mass is 19.1. The number of benzene rings is 2. The van der Waals surface area contributed by atoms with Crippen LogP contribution in [0.3, 0.4) is 0 Å². The lowest BCUT2D eigenvalue weighted by Gasteiger charge is -2.22. The summed E-state index contributed by atoms with van der Waals surface area (Å²) in [6, 6.07) is 14.6. The fourth-order valence-electron chi connectivity index (χ4n) is 2.05. The van der Waals surface area contributed by atoms with E-state index in [1.165, 1.54) is 6.07 Å². The normalized spacial score (nSPS) is 10.4. The van der Waals surface area contributed by atoms with Gasteiger partial charge in [0.05, 0.1) is 12.3 Å². The summed E-state index contributed by atoms with van der Waals surface area (Å²) in [6.07, 6.45) is 0. The van der Waals surface area contributed by atoms with Crippen LogP contribution in [0, 0.1) is 5.82 Å². The van der Waals surface area contributed by atoms with Crippen LogP contribution in [0.2, 0.25) is 0 Å². The lowest BCUT2D eigenvalue weighted by Crippen LogP contribution is -2.19. The molecule has 0 aliphatic heterocycles. The quantitative estimate of drug-likeness (QED) is 0.895. The Bertz CT molecular complexity index is 513. The molecule has 0 unspecified atom stereocenters. The fourth-order valence-corrected chi connectivity index (χ4v) is 2.05. The van der Waals surface area contributed by atoms with E-state index >= 15 is 0 Å². The van der Waals surface area contributed by atoms with E-state index in [0.29, 0.717) is 17.8 Å². The number of halogens is 1. The van der Waals surface area contributed by atoms with Gasteiger partial charge in [-0.1, -0.05) is 42.5 Å². The Morgan fingerprint density at radius 3 is 2.44 bits per heavy atom. The van der Waals surface area contributed by atoms with E-state index in [4.69, 9.17) is 0 Å². The van der Waals surface area contributed by atoms with Crippen LogP contribution in [0.25, 0.3) is 0 Å². The number of nitrogens with zero attached hydrogens (tertiary/aromatic N) is 1. The minimum atomic E-state index is -0.306. The molecule has 1 N–H and O–H groups in total. The van der Waals surface area contributed by atoms with Gasteiger partial charge in [0, 0.05) is 19.2 Å². The van der Waals surface area contributed by atoms with Crippen molar-refractivity contribution in [3.63, 3.8) is 0 Å². The van der Waals surface area contributed by atoms with Gasteiger partial charge in [0.1, 0.15) is 5.82 Å². The average molecular weight is 245 g/mol. The van der Waals surface area contributed by atoms with Crippen molar-refractivity contribution in [1.29, 1.82) is 0 Å². The molecule has 0 atom stereocenters. The number of rotatable bonds is 4. The van der Waals surface area contributed by atoms with Gasteiger partial charge < -0.3 is 10.0 Å². The van der Waals surface area contributed by atoms with Crippen molar-refractivity contribution >= 4 is 5.69 Å². The van der Waals surface area contributed by atoms with E-state index in [2.05, 4.69) is 0 Å². The highest BCUT2D eigenvalue weighted by Crippen LogP contribution is 2.24. The van der Waals surface area contributed by atoms with Crippen LogP contribution in [-0.2, 0) is 13.2 Å². The Balaban J connectivity index is 2.26. The summed E-state index contributed by atoms with van der Waals surface area (Å²) >= 11 is 0. The molecule has 0 heterocycles. The van der Waals surface area contributed by atoms with Crippen LogP contribution in [0.4, 0.5) is 10.1 Å². The molecular weight excluding hydrogens is 229 g/mol. The molecule has 0 radical (unpaired) electrons. The molecule has 2 aromatic carbocycles. The largest absolute Gasteiger partial charge is 0.392 e. The summed E-state index contributed by atoms with van der Waals surface area (Å²) < 4.78 is 13.8. The smallest absolute Gasteiger partial charge is 0.146 e. The molecule has 0 aliphatic rings. The number of anilines is 1. The maximum absolute atomic E-state index is 13.8. The van der Waals surface area contributed by atoms with Crippen molar-refractivity contribution in [3.8, 4) is 0 Å². The first-order valence-electron chi connectivity index (χ1n) is 5.85. The standard InChI is InChI=1S/C15H16FNO/c1-17(10-12-6-3-2-4-7-12)15-13(11-18)8-5-9-14(15)16/h2-9,18H,10-11H2,1H3. The van der Waals surface area contributed by atoms with Gasteiger partial charge in [-0.25, -0.2) is 4.39 Å². The van der Waals surface area contributed by atoms with Crippen LogP contribution >= 0.6 is 0 Å². The Morgan fingerprint density at radius 1 is 1.06 bits per heavy atom. The van der Waals surface area contributed by atoms with Gasteiger partial charge in [-0.15, -0.1) is 0 Å². The Kier molecular flexibility index (Phi) is 3.95. The second-order valence-corrected chi connectivity index (χ2v) is 4.25. The molecule has 3 heteroatoms. The molecule has 2 nitrogen and oxygen atoms in total. The van der Waals surface area contributed by atoms with Gasteiger partial charge in [0.25, 0.3) is 0 Å². The highest BCUT2D eigenvalue weighted by molar-refractivity contribution is 5.54. The number of hydrogen-bond donors (Lipinski definition) is 1. The first-order valence-corrected chi connectivity index (χ1v) is 5.85. The third-order valence-electron chi connectivity index (χ3n) is 2.88. The minimum absolute atomic E-state index is 0.160. The molecule has 0 saturated heterocycles. The molecule has 0 amide bonds. The van der Waals surface area contributed by atoms with Crippen molar-refractivity contribution in [3.05, 3.63) is 65.5 Å². The molecule has 2 rings (SSSR count). The van der Waals surface area contributed by atoms with E-state index in [9.17, 15) is 9.50 Å². The summed E-state index contributed by atoms with van der Waals surface area (Å²) in [5, 5.41) is 9.26. The summed E-state index contributed by atoms with van der Waals surface area (Å²) in [6.45, 7) is 0.445. The van der Waals surface area contributed by atoms with E-state index in [1.807, 2.05) is 42.3 Å². The highest BCUT2D eigenvalue weighted by Gasteiger charge is 2.12. The van der Waals surface area contributed by atoms with E-state index in [1.54, 1.807) is 12.1 Å². The van der Waals surface area contributed by atoms with Crippen molar-refractivity contribution < 1.29 is 9.50 Å². The zero-order valence-electron chi connectivity index (χ0n) is 10.3. The zero-order chi connectivity index (χ0) is 13.0. The lowest BCUT2D eigenvalue weighted by molar-refractivity contribution is 0.281. The van der Waals surface area contributed by atoms with Crippen LogP contribution in [-0.4, -0.2) is 12.2 Å². The molecule has 0 bridgehead atoms. The second kappa shape index (κ2) is 5.65. The Morgan fingerprint density at radius 2 is 1.78 bits per heavy atom. The molecule has 0 aromatic heterocycles. The predicted octanol–water partition coefficient (Wildman–Crippen LogP) is 2.95. The van der Waals surface area contributed by atoms with Crippen molar-refractivity contribution in [2.24, 2.45) is 0 Å². The topological polar surface area (TPSA) is 23.5 Å². The van der Waals surface area contributed by atoms with Crippen LogP contribution in [0.1, 0.15) is 11.1 Å². The van der Waals surface area contributed by atoms with Gasteiger partial charge in [-0.2, -0.15) is 0 Å². The number of aliphatic hydroxyl groups is 1. The molecule has 0 fully saturated rings.